The van der Waals surface area contributed by atoms with Crippen LogP contribution in [-0.4, -0.2) is 0 Å². The third-order valence-electron chi connectivity index (χ3n) is 3.07. The van der Waals surface area contributed by atoms with Crippen molar-refractivity contribution in [1.82, 2.24) is 0 Å². The normalized spacial score (nSPS) is 11.7. The molecule has 0 fully saturated rings. The predicted molar refractivity (Wildman–Crippen MR) is 85.9 cm³/mol. The molecule has 0 saturated carbocycles. The van der Waals surface area contributed by atoms with Crippen LogP contribution in [-0.2, 0) is 5.41 Å². The Hall–Kier alpha value is -0.670. The zero-order chi connectivity index (χ0) is 14.2. The molecule has 19 heavy (non-hydrogen) atoms. The highest BCUT2D eigenvalue weighted by Gasteiger charge is 2.17. The van der Waals surface area contributed by atoms with E-state index in [0.29, 0.717) is 5.56 Å². The number of rotatable bonds is 1. The molecule has 100 valence electrons. The summed E-state index contributed by atoms with van der Waals surface area (Å²) < 4.78 is 15.7. The van der Waals surface area contributed by atoms with Crippen LogP contribution in [0.25, 0.3) is 11.1 Å². The van der Waals surface area contributed by atoms with E-state index in [2.05, 4.69) is 64.8 Å². The topological polar surface area (TPSA) is 0 Å². The van der Waals surface area contributed by atoms with Crippen molar-refractivity contribution in [2.24, 2.45) is 0 Å². The van der Waals surface area contributed by atoms with Gasteiger partial charge in [0.05, 0.1) is 0 Å². The maximum Gasteiger partial charge on any atom is 0.132 e. The molecule has 3 heteroatoms. The summed E-state index contributed by atoms with van der Waals surface area (Å²) in [5, 5.41) is 0. The van der Waals surface area contributed by atoms with Crippen LogP contribution in [0.1, 0.15) is 26.3 Å². The van der Waals surface area contributed by atoms with Crippen molar-refractivity contribution in [3.05, 3.63) is 56.7 Å². The molecule has 2 aromatic carbocycles. The fraction of sp³-hybridized carbons (Fsp3) is 0.250. The number of benzene rings is 2. The summed E-state index contributed by atoms with van der Waals surface area (Å²) in [6, 6.07) is 11.1. The number of halogens is 3. The van der Waals surface area contributed by atoms with E-state index in [0.717, 1.165) is 14.5 Å². The molecule has 0 N–H and O–H groups in total. The molecule has 2 rings (SSSR count). The van der Waals surface area contributed by atoms with Crippen LogP contribution in [0.2, 0.25) is 0 Å². The Morgan fingerprint density at radius 3 is 2.16 bits per heavy atom. The second kappa shape index (κ2) is 5.37. The maximum atomic E-state index is 14.0. The third kappa shape index (κ3) is 3.09. The van der Waals surface area contributed by atoms with E-state index in [9.17, 15) is 4.39 Å². The lowest BCUT2D eigenvalue weighted by atomic mass is 9.86. The third-order valence-corrected chi connectivity index (χ3v) is 4.38. The van der Waals surface area contributed by atoms with Crippen LogP contribution < -0.4 is 0 Å². The first kappa shape index (κ1) is 14.7. The Labute approximate surface area is 130 Å². The van der Waals surface area contributed by atoms with Gasteiger partial charge in [0, 0.05) is 14.5 Å². The van der Waals surface area contributed by atoms with E-state index in [1.165, 1.54) is 11.6 Å². The van der Waals surface area contributed by atoms with Gasteiger partial charge in [-0.05, 0) is 34.7 Å². The van der Waals surface area contributed by atoms with E-state index in [4.69, 9.17) is 0 Å². The van der Waals surface area contributed by atoms with E-state index in [1.807, 2.05) is 12.1 Å². The first-order valence-electron chi connectivity index (χ1n) is 6.05. The largest absolute Gasteiger partial charge is 0.206 e. The summed E-state index contributed by atoms with van der Waals surface area (Å²) in [6.45, 7) is 6.48. The van der Waals surface area contributed by atoms with Crippen molar-refractivity contribution in [3.63, 3.8) is 0 Å². The zero-order valence-electron chi connectivity index (χ0n) is 11.1. The molecule has 0 aliphatic carbocycles. The SMILES string of the molecule is CC(C)(C)c1ccc(-c2c(F)cccc2Br)c(Br)c1. The van der Waals surface area contributed by atoms with Gasteiger partial charge >= 0.3 is 0 Å². The smallest absolute Gasteiger partial charge is 0.132 e. The minimum absolute atomic E-state index is 0.0769. The van der Waals surface area contributed by atoms with Crippen molar-refractivity contribution >= 4 is 31.9 Å². The Morgan fingerprint density at radius 2 is 1.63 bits per heavy atom. The molecule has 0 heterocycles. The van der Waals surface area contributed by atoms with Gasteiger partial charge in [-0.25, -0.2) is 4.39 Å². The molecule has 2 aromatic rings. The minimum atomic E-state index is -0.224. The van der Waals surface area contributed by atoms with Crippen molar-refractivity contribution < 1.29 is 4.39 Å². The minimum Gasteiger partial charge on any atom is -0.206 e. The first-order valence-corrected chi connectivity index (χ1v) is 7.63. The number of hydrogen-bond acceptors (Lipinski definition) is 0. The average molecular weight is 386 g/mol. The van der Waals surface area contributed by atoms with Gasteiger partial charge in [0.15, 0.2) is 0 Å². The Kier molecular flexibility index (Phi) is 4.17. The van der Waals surface area contributed by atoms with Crippen molar-refractivity contribution in [2.45, 2.75) is 26.2 Å². The van der Waals surface area contributed by atoms with E-state index < -0.39 is 0 Å². The monoisotopic (exact) mass is 384 g/mol. The highest BCUT2D eigenvalue weighted by Crippen LogP contribution is 2.37. The lowest BCUT2D eigenvalue weighted by Crippen LogP contribution is -2.10. The van der Waals surface area contributed by atoms with Gasteiger partial charge in [-0.15, -0.1) is 0 Å². The molecule has 0 spiro atoms. The molecule has 0 aliphatic heterocycles. The Balaban J connectivity index is 2.59. The van der Waals surface area contributed by atoms with Gasteiger partial charge in [0.2, 0.25) is 0 Å². The highest BCUT2D eigenvalue weighted by atomic mass is 79.9. The zero-order valence-corrected chi connectivity index (χ0v) is 14.3. The van der Waals surface area contributed by atoms with Crippen molar-refractivity contribution in [1.29, 1.82) is 0 Å². The van der Waals surface area contributed by atoms with E-state index in [1.54, 1.807) is 6.07 Å². The first-order chi connectivity index (χ1) is 8.80. The van der Waals surface area contributed by atoms with Gasteiger partial charge in [-0.3, -0.25) is 0 Å². The second-order valence-electron chi connectivity index (χ2n) is 5.54. The molecule has 0 atom stereocenters. The molecule has 0 nitrogen and oxygen atoms in total. The lowest BCUT2D eigenvalue weighted by molar-refractivity contribution is 0.590. The molecular formula is C16H15Br2F. The Bertz CT molecular complexity index is 592. The fourth-order valence-corrected chi connectivity index (χ4v) is 3.07. The summed E-state index contributed by atoms with van der Waals surface area (Å²) in [7, 11) is 0. The molecule has 0 unspecified atom stereocenters. The van der Waals surface area contributed by atoms with Crippen LogP contribution in [0.4, 0.5) is 4.39 Å². The van der Waals surface area contributed by atoms with Crippen molar-refractivity contribution in [2.75, 3.05) is 0 Å². The molecule has 0 bridgehead atoms. The van der Waals surface area contributed by atoms with Gasteiger partial charge in [-0.1, -0.05) is 70.8 Å². The van der Waals surface area contributed by atoms with Crippen molar-refractivity contribution in [3.8, 4) is 11.1 Å². The maximum absolute atomic E-state index is 14.0. The molecule has 0 amide bonds. The summed E-state index contributed by atoms with van der Waals surface area (Å²) in [5.74, 6) is -0.224. The van der Waals surface area contributed by atoms with Gasteiger partial charge in [-0.2, -0.15) is 0 Å². The van der Waals surface area contributed by atoms with Crippen LogP contribution in [0, 0.1) is 5.82 Å². The summed E-state index contributed by atoms with van der Waals surface area (Å²) in [4.78, 5) is 0. The van der Waals surface area contributed by atoms with Gasteiger partial charge in [0.25, 0.3) is 0 Å². The van der Waals surface area contributed by atoms with Crippen LogP contribution in [0.3, 0.4) is 0 Å². The molecule has 0 aromatic heterocycles. The fourth-order valence-electron chi connectivity index (χ4n) is 1.94. The molecule has 0 radical (unpaired) electrons. The summed E-state index contributed by atoms with van der Waals surface area (Å²) in [6.07, 6.45) is 0. The Morgan fingerprint density at radius 1 is 0.947 bits per heavy atom. The van der Waals surface area contributed by atoms with Crippen LogP contribution >= 0.6 is 31.9 Å². The lowest BCUT2D eigenvalue weighted by Gasteiger charge is -2.20. The summed E-state index contributed by atoms with van der Waals surface area (Å²) in [5.41, 5.74) is 2.75. The standard InChI is InChI=1S/C16H15Br2F/c1-16(2,3)10-7-8-11(13(18)9-10)15-12(17)5-4-6-14(15)19/h4-9H,1-3H3. The molecule has 0 saturated heterocycles. The van der Waals surface area contributed by atoms with Crippen LogP contribution in [0.15, 0.2) is 45.3 Å². The molecular weight excluding hydrogens is 371 g/mol. The number of hydrogen-bond donors (Lipinski definition) is 0. The second-order valence-corrected chi connectivity index (χ2v) is 7.25. The quantitative estimate of drug-likeness (QED) is 0.539. The van der Waals surface area contributed by atoms with E-state index >= 15 is 0 Å². The average Bonchev–Trinajstić information content (AvgIpc) is 2.29. The summed E-state index contributed by atoms with van der Waals surface area (Å²) >= 11 is 6.97. The van der Waals surface area contributed by atoms with Gasteiger partial charge < -0.3 is 0 Å². The van der Waals surface area contributed by atoms with E-state index in [-0.39, 0.29) is 11.2 Å². The molecule has 0 aliphatic rings. The highest BCUT2D eigenvalue weighted by molar-refractivity contribution is 9.11. The van der Waals surface area contributed by atoms with Crippen LogP contribution in [0.5, 0.6) is 0 Å². The van der Waals surface area contributed by atoms with Gasteiger partial charge in [0.1, 0.15) is 5.82 Å². The predicted octanol–water partition coefficient (Wildman–Crippen LogP) is 6.32.